The molecular formula is C31H40F2N4O3. The number of hydrogen-bond donors (Lipinski definition) is 2. The van der Waals surface area contributed by atoms with Crippen LogP contribution < -0.4 is 15.4 Å². The van der Waals surface area contributed by atoms with Crippen LogP contribution in [0.15, 0.2) is 48.5 Å². The van der Waals surface area contributed by atoms with Crippen LogP contribution in [0.2, 0.25) is 0 Å². The lowest BCUT2D eigenvalue weighted by atomic mass is 9.79. The predicted molar refractivity (Wildman–Crippen MR) is 150 cm³/mol. The van der Waals surface area contributed by atoms with Gasteiger partial charge in [-0.25, -0.2) is 13.6 Å². The number of amides is 3. The molecule has 4 heterocycles. The third-order valence-corrected chi connectivity index (χ3v) is 8.96. The lowest BCUT2D eigenvalue weighted by Gasteiger charge is -2.39. The second kappa shape index (κ2) is 11.0. The van der Waals surface area contributed by atoms with E-state index in [1.165, 1.54) is 4.90 Å². The molecule has 6 rings (SSSR count). The first-order valence-corrected chi connectivity index (χ1v) is 14.3. The first kappa shape index (κ1) is 28.3. The summed E-state index contributed by atoms with van der Waals surface area (Å²) < 4.78 is 32.8. The maximum absolute atomic E-state index is 13.4. The number of piperidine rings is 2. The van der Waals surface area contributed by atoms with Gasteiger partial charge in [-0.15, -0.1) is 0 Å². The van der Waals surface area contributed by atoms with Crippen molar-refractivity contribution in [1.82, 2.24) is 20.4 Å². The molecule has 1 atom stereocenters. The van der Waals surface area contributed by atoms with Crippen LogP contribution in [0.4, 0.5) is 13.6 Å². The minimum Gasteiger partial charge on any atom is -0.457 e. The quantitative estimate of drug-likeness (QED) is 0.476. The Hall–Kier alpha value is -3.20. The summed E-state index contributed by atoms with van der Waals surface area (Å²) in [4.78, 5) is 29.7. The van der Waals surface area contributed by atoms with Crippen molar-refractivity contribution < 1.29 is 23.1 Å². The maximum atomic E-state index is 13.4. The standard InChI is InChI=1S/C31H40F2N4O3/c1-29(2,34-28(39)35-30(3)14-19-36-17-12-24(30)13-18-36)23-6-10-26(11-7-23)40-25-8-4-22(5-9-25)27(38)37-20-15-31(32,33)16-21-37/h4-11,24H,12-21H2,1-3H3,(H2,34,35,39). The molecule has 2 bridgehead atoms. The van der Waals surface area contributed by atoms with Gasteiger partial charge >= 0.3 is 6.03 Å². The van der Waals surface area contributed by atoms with Gasteiger partial charge in [-0.05, 0) is 101 Å². The largest absolute Gasteiger partial charge is 0.457 e. The smallest absolute Gasteiger partial charge is 0.315 e. The van der Waals surface area contributed by atoms with Crippen molar-refractivity contribution >= 4 is 11.9 Å². The lowest BCUT2D eigenvalue weighted by Crippen LogP contribution is -2.57. The van der Waals surface area contributed by atoms with Crippen LogP contribution in [0, 0.1) is 5.92 Å². The Morgan fingerprint density at radius 1 is 0.875 bits per heavy atom. The van der Waals surface area contributed by atoms with E-state index in [1.807, 2.05) is 38.1 Å². The van der Waals surface area contributed by atoms with Gasteiger partial charge in [-0.2, -0.15) is 0 Å². The first-order chi connectivity index (χ1) is 18.9. The van der Waals surface area contributed by atoms with E-state index in [0.717, 1.165) is 44.5 Å². The number of urea groups is 1. The minimum absolute atomic E-state index is 0.0574. The van der Waals surface area contributed by atoms with E-state index in [1.54, 1.807) is 24.3 Å². The second-order valence-corrected chi connectivity index (χ2v) is 12.3. The summed E-state index contributed by atoms with van der Waals surface area (Å²) in [5, 5.41) is 6.47. The summed E-state index contributed by atoms with van der Waals surface area (Å²) >= 11 is 0. The first-order valence-electron chi connectivity index (χ1n) is 14.3. The fourth-order valence-electron chi connectivity index (χ4n) is 6.16. The van der Waals surface area contributed by atoms with Crippen LogP contribution in [-0.2, 0) is 5.54 Å². The third kappa shape index (κ3) is 6.40. The molecule has 216 valence electrons. The maximum Gasteiger partial charge on any atom is 0.315 e. The van der Waals surface area contributed by atoms with Gasteiger partial charge in [-0.3, -0.25) is 4.79 Å². The van der Waals surface area contributed by atoms with Crippen molar-refractivity contribution in [2.45, 2.75) is 69.9 Å². The Morgan fingerprint density at radius 2 is 1.45 bits per heavy atom. The van der Waals surface area contributed by atoms with Gasteiger partial charge in [0.1, 0.15) is 11.5 Å². The van der Waals surface area contributed by atoms with Crippen LogP contribution in [0.1, 0.15) is 68.8 Å². The van der Waals surface area contributed by atoms with Crippen molar-refractivity contribution in [2.75, 3.05) is 32.7 Å². The number of likely N-dealkylation sites (tertiary alicyclic amines) is 1. The Bertz CT molecular complexity index is 1200. The monoisotopic (exact) mass is 554 g/mol. The zero-order valence-corrected chi connectivity index (χ0v) is 23.6. The van der Waals surface area contributed by atoms with Gasteiger partial charge in [0.15, 0.2) is 0 Å². The highest BCUT2D eigenvalue weighted by molar-refractivity contribution is 5.94. The van der Waals surface area contributed by atoms with Crippen molar-refractivity contribution in [2.24, 2.45) is 5.92 Å². The predicted octanol–water partition coefficient (Wildman–Crippen LogP) is 5.76. The Balaban J connectivity index is 1.15. The van der Waals surface area contributed by atoms with Crippen molar-refractivity contribution in [1.29, 1.82) is 0 Å². The van der Waals surface area contributed by atoms with Crippen molar-refractivity contribution in [3.63, 3.8) is 0 Å². The molecule has 0 radical (unpaired) electrons. The van der Waals surface area contributed by atoms with Crippen LogP contribution in [0.25, 0.3) is 0 Å². The Kier molecular flexibility index (Phi) is 7.79. The number of ether oxygens (including phenoxy) is 1. The average molecular weight is 555 g/mol. The molecule has 40 heavy (non-hydrogen) atoms. The van der Waals surface area contributed by atoms with Crippen LogP contribution in [-0.4, -0.2) is 65.9 Å². The summed E-state index contributed by atoms with van der Waals surface area (Å²) in [5.74, 6) is -1.25. The van der Waals surface area contributed by atoms with Gasteiger partial charge in [0.25, 0.3) is 11.8 Å². The van der Waals surface area contributed by atoms with Gasteiger partial charge in [-0.1, -0.05) is 12.1 Å². The van der Waals surface area contributed by atoms with E-state index in [0.29, 0.717) is 23.0 Å². The van der Waals surface area contributed by atoms with Crippen LogP contribution in [0.5, 0.6) is 11.5 Å². The molecule has 1 unspecified atom stereocenters. The number of carbonyl (C=O) groups excluding carboxylic acids is 2. The zero-order chi connectivity index (χ0) is 28.5. The summed E-state index contributed by atoms with van der Waals surface area (Å²) in [5.41, 5.74) is 0.598. The molecule has 2 N–H and O–H groups in total. The second-order valence-electron chi connectivity index (χ2n) is 12.3. The topological polar surface area (TPSA) is 73.9 Å². The Labute approximate surface area is 235 Å². The molecule has 4 saturated heterocycles. The number of fused-ring (bicyclic) bond motifs is 4. The third-order valence-electron chi connectivity index (χ3n) is 8.96. The number of nitrogens with one attached hydrogen (secondary N) is 2. The summed E-state index contributed by atoms with van der Waals surface area (Å²) in [6.07, 6.45) is 2.61. The van der Waals surface area contributed by atoms with E-state index in [-0.39, 0.29) is 43.4 Å². The number of nitrogens with zero attached hydrogens (tertiary/aromatic N) is 2. The highest BCUT2D eigenvalue weighted by atomic mass is 19.3. The molecule has 7 nitrogen and oxygen atoms in total. The fourth-order valence-corrected chi connectivity index (χ4v) is 6.16. The van der Waals surface area contributed by atoms with Crippen LogP contribution >= 0.6 is 0 Å². The molecule has 2 aromatic rings. The molecule has 0 aromatic heterocycles. The number of halogens is 2. The van der Waals surface area contributed by atoms with E-state index in [2.05, 4.69) is 22.5 Å². The molecule has 9 heteroatoms. The number of alkyl halides is 2. The Morgan fingerprint density at radius 3 is 2.05 bits per heavy atom. The van der Waals surface area contributed by atoms with Gasteiger partial charge in [0.2, 0.25) is 0 Å². The molecule has 2 aromatic carbocycles. The molecule has 0 aliphatic carbocycles. The summed E-state index contributed by atoms with van der Waals surface area (Å²) in [7, 11) is 0. The molecule has 0 spiro atoms. The summed E-state index contributed by atoms with van der Waals surface area (Å²) in [6, 6.07) is 14.1. The molecule has 4 aliphatic heterocycles. The van der Waals surface area contributed by atoms with E-state index in [9.17, 15) is 18.4 Å². The van der Waals surface area contributed by atoms with Crippen molar-refractivity contribution in [3.8, 4) is 11.5 Å². The highest BCUT2D eigenvalue weighted by Crippen LogP contribution is 2.35. The number of carbonyl (C=O) groups is 2. The molecular weight excluding hydrogens is 514 g/mol. The lowest BCUT2D eigenvalue weighted by molar-refractivity contribution is -0.0494. The van der Waals surface area contributed by atoms with Gasteiger partial charge in [0.05, 0.1) is 5.54 Å². The number of benzene rings is 2. The van der Waals surface area contributed by atoms with Gasteiger partial charge in [0, 0.05) is 43.6 Å². The molecule has 3 amide bonds. The fraction of sp³-hybridized carbons (Fsp3) is 0.548. The number of rotatable bonds is 6. The summed E-state index contributed by atoms with van der Waals surface area (Å²) in [6.45, 7) is 9.52. The number of hydrogen-bond acceptors (Lipinski definition) is 4. The molecule has 0 saturated carbocycles. The minimum atomic E-state index is -2.69. The van der Waals surface area contributed by atoms with Crippen LogP contribution in [0.3, 0.4) is 0 Å². The average Bonchev–Trinajstić information content (AvgIpc) is 3.16. The van der Waals surface area contributed by atoms with E-state index < -0.39 is 11.5 Å². The highest BCUT2D eigenvalue weighted by Gasteiger charge is 2.41. The molecule has 4 fully saturated rings. The van der Waals surface area contributed by atoms with Crippen molar-refractivity contribution in [3.05, 3.63) is 59.7 Å². The van der Waals surface area contributed by atoms with Gasteiger partial charge < -0.3 is 25.2 Å². The normalized spacial score (nSPS) is 26.1. The van der Waals surface area contributed by atoms with E-state index >= 15 is 0 Å². The SMILES string of the molecule is CC(C)(NC(=O)NC1(C)CCN2CCC1CC2)c1ccc(Oc2ccc(C(=O)N3CCC(F)(F)CC3)cc2)cc1. The van der Waals surface area contributed by atoms with E-state index in [4.69, 9.17) is 4.74 Å². The molecule has 4 aliphatic rings. The zero-order valence-electron chi connectivity index (χ0n) is 23.6.